The van der Waals surface area contributed by atoms with Crippen molar-refractivity contribution in [3.05, 3.63) is 52.7 Å². The Morgan fingerprint density at radius 3 is 2.37 bits per heavy atom. The number of anilines is 1. The molecule has 0 atom stereocenters. The number of phenols is 1. The van der Waals surface area contributed by atoms with Crippen LogP contribution in [0.5, 0.6) is 5.75 Å². The van der Waals surface area contributed by atoms with Crippen molar-refractivity contribution in [3.8, 4) is 16.9 Å². The number of aromatic hydroxyl groups is 1. The van der Waals surface area contributed by atoms with Gasteiger partial charge >= 0.3 is 6.18 Å². The number of carbonyl (C=O) groups excluding carboxylic acids is 1. The van der Waals surface area contributed by atoms with Gasteiger partial charge in [-0.1, -0.05) is 18.2 Å². The van der Waals surface area contributed by atoms with Crippen LogP contribution in [0.2, 0.25) is 0 Å². The highest BCUT2D eigenvalue weighted by atomic mass is 19.4. The summed E-state index contributed by atoms with van der Waals surface area (Å²) in [5.41, 5.74) is 11.1. The number of amides is 1. The Morgan fingerprint density at radius 2 is 1.78 bits per heavy atom. The number of primary amides is 1. The first kappa shape index (κ1) is 18.5. The summed E-state index contributed by atoms with van der Waals surface area (Å²) in [4.78, 5) is 15.6. The maximum Gasteiger partial charge on any atom is 0.418 e. The normalized spacial score (nSPS) is 11.7. The van der Waals surface area contributed by atoms with Gasteiger partial charge in [-0.25, -0.2) is 4.98 Å². The van der Waals surface area contributed by atoms with Gasteiger partial charge < -0.3 is 16.6 Å². The van der Waals surface area contributed by atoms with Crippen LogP contribution < -0.4 is 11.5 Å². The van der Waals surface area contributed by atoms with Crippen molar-refractivity contribution < 1.29 is 23.1 Å². The lowest BCUT2D eigenvalue weighted by molar-refractivity contribution is -0.136. The molecule has 2 aromatic carbocycles. The molecule has 1 amide bonds. The minimum absolute atomic E-state index is 0.0486. The number of aromatic nitrogens is 1. The van der Waals surface area contributed by atoms with Gasteiger partial charge in [0, 0.05) is 10.9 Å². The van der Waals surface area contributed by atoms with Crippen LogP contribution in [0, 0.1) is 13.8 Å². The van der Waals surface area contributed by atoms with E-state index in [1.807, 2.05) is 0 Å². The molecule has 3 aromatic rings. The molecule has 140 valence electrons. The highest BCUT2D eigenvalue weighted by molar-refractivity contribution is 6.10. The van der Waals surface area contributed by atoms with Crippen LogP contribution in [0.4, 0.5) is 18.9 Å². The number of pyridine rings is 1. The van der Waals surface area contributed by atoms with Gasteiger partial charge in [0.25, 0.3) is 5.91 Å². The number of carbonyl (C=O) groups is 1. The summed E-state index contributed by atoms with van der Waals surface area (Å²) in [7, 11) is 0. The molecule has 0 spiro atoms. The van der Waals surface area contributed by atoms with Crippen molar-refractivity contribution in [1.82, 2.24) is 4.98 Å². The van der Waals surface area contributed by atoms with Crippen LogP contribution in [0.25, 0.3) is 22.0 Å². The summed E-state index contributed by atoms with van der Waals surface area (Å²) in [6, 6.07) is 6.65. The molecule has 27 heavy (non-hydrogen) atoms. The molecule has 0 aliphatic heterocycles. The number of aryl methyl sites for hydroxylation is 1. The van der Waals surface area contributed by atoms with Crippen molar-refractivity contribution in [1.29, 1.82) is 0 Å². The van der Waals surface area contributed by atoms with Crippen LogP contribution in [0.3, 0.4) is 0 Å². The minimum Gasteiger partial charge on any atom is -0.508 e. The lowest BCUT2D eigenvalue weighted by Gasteiger charge is -2.19. The predicted octanol–water partition coefficient (Wildman–Crippen LogP) is 3.92. The van der Waals surface area contributed by atoms with Crippen molar-refractivity contribution in [3.63, 3.8) is 0 Å². The maximum atomic E-state index is 13.5. The van der Waals surface area contributed by atoms with Gasteiger partial charge in [0.2, 0.25) is 0 Å². The van der Waals surface area contributed by atoms with Gasteiger partial charge in [0.05, 0.1) is 16.8 Å². The molecule has 1 aromatic heterocycles. The molecule has 5 N–H and O–H groups in total. The second kappa shape index (κ2) is 6.15. The third-order valence-corrected chi connectivity index (χ3v) is 4.49. The lowest BCUT2D eigenvalue weighted by Crippen LogP contribution is -2.18. The zero-order valence-corrected chi connectivity index (χ0v) is 14.5. The highest BCUT2D eigenvalue weighted by Gasteiger charge is 2.34. The van der Waals surface area contributed by atoms with Gasteiger partial charge in [-0.15, -0.1) is 0 Å². The summed E-state index contributed by atoms with van der Waals surface area (Å²) in [5.74, 6) is -1.09. The molecule has 5 nitrogen and oxygen atoms in total. The number of halogens is 3. The van der Waals surface area contributed by atoms with Gasteiger partial charge in [0.1, 0.15) is 5.75 Å². The number of nitrogens with two attached hydrogens (primary N) is 2. The number of phenolic OH excluding ortho intramolecular Hbond substituents is 1. The Kier molecular flexibility index (Phi) is 4.22. The summed E-state index contributed by atoms with van der Waals surface area (Å²) >= 11 is 0. The standard InChI is InChI=1S/C19H16F3N3O2/c1-8-6-7-12(26)9(2)13(8)14-10-4-3-5-11(19(20,21)22)16(10)25-17(15(14)23)18(24)27/h3-7,26H,23H2,1-2H3,(H2,24,27). The van der Waals surface area contributed by atoms with E-state index in [4.69, 9.17) is 11.5 Å². The van der Waals surface area contributed by atoms with Crippen LogP contribution in [0.1, 0.15) is 27.2 Å². The molecule has 0 aliphatic rings. The molecule has 8 heteroatoms. The van der Waals surface area contributed by atoms with Gasteiger partial charge in [-0.2, -0.15) is 13.2 Å². The van der Waals surface area contributed by atoms with Crippen molar-refractivity contribution in [2.45, 2.75) is 20.0 Å². The predicted molar refractivity (Wildman–Crippen MR) is 96.3 cm³/mol. The fraction of sp³-hybridized carbons (Fsp3) is 0.158. The van der Waals surface area contributed by atoms with Gasteiger partial charge in [-0.05, 0) is 42.7 Å². The largest absolute Gasteiger partial charge is 0.508 e. The number of para-hydroxylation sites is 1. The maximum absolute atomic E-state index is 13.5. The second-order valence-corrected chi connectivity index (χ2v) is 6.21. The molecule has 0 unspecified atom stereocenters. The van der Waals surface area contributed by atoms with E-state index < -0.39 is 28.9 Å². The fourth-order valence-electron chi connectivity index (χ4n) is 3.21. The Morgan fingerprint density at radius 1 is 1.11 bits per heavy atom. The number of rotatable bonds is 2. The third kappa shape index (κ3) is 2.92. The van der Waals surface area contributed by atoms with Crippen molar-refractivity contribution >= 4 is 22.5 Å². The number of fused-ring (bicyclic) bond motifs is 1. The molecule has 0 fully saturated rings. The minimum atomic E-state index is -4.68. The van der Waals surface area contributed by atoms with E-state index in [1.165, 1.54) is 18.2 Å². The number of hydrogen-bond donors (Lipinski definition) is 3. The average molecular weight is 375 g/mol. The van der Waals surface area contributed by atoms with E-state index in [0.717, 1.165) is 6.07 Å². The first-order chi connectivity index (χ1) is 12.5. The van der Waals surface area contributed by atoms with E-state index in [2.05, 4.69) is 4.98 Å². The first-order valence-corrected chi connectivity index (χ1v) is 7.92. The molecule has 0 bridgehead atoms. The quantitative estimate of drug-likeness (QED) is 0.632. The molecular formula is C19H16F3N3O2. The first-order valence-electron chi connectivity index (χ1n) is 7.92. The monoisotopic (exact) mass is 375 g/mol. The van der Waals surface area contributed by atoms with E-state index >= 15 is 0 Å². The lowest BCUT2D eigenvalue weighted by atomic mass is 9.90. The van der Waals surface area contributed by atoms with Crippen LogP contribution in [-0.4, -0.2) is 16.0 Å². The molecule has 0 saturated carbocycles. The average Bonchev–Trinajstić information content (AvgIpc) is 2.58. The Bertz CT molecular complexity index is 1090. The number of hydrogen-bond acceptors (Lipinski definition) is 4. The van der Waals surface area contributed by atoms with Crippen LogP contribution in [0.15, 0.2) is 30.3 Å². The second-order valence-electron chi connectivity index (χ2n) is 6.21. The third-order valence-electron chi connectivity index (χ3n) is 4.49. The van der Waals surface area contributed by atoms with Gasteiger partial charge in [0.15, 0.2) is 5.69 Å². The number of nitrogen functional groups attached to an aromatic ring is 1. The Labute approximate surface area is 152 Å². The SMILES string of the molecule is Cc1ccc(O)c(C)c1-c1c(N)c(C(N)=O)nc2c(C(F)(F)F)cccc12. The summed E-state index contributed by atoms with van der Waals surface area (Å²) < 4.78 is 40.4. The van der Waals surface area contributed by atoms with E-state index in [9.17, 15) is 23.1 Å². The Balaban J connectivity index is 2.59. The number of alkyl halides is 3. The van der Waals surface area contributed by atoms with Gasteiger partial charge in [-0.3, -0.25) is 4.79 Å². The zero-order chi connectivity index (χ0) is 20.1. The van der Waals surface area contributed by atoms with Crippen molar-refractivity contribution in [2.75, 3.05) is 5.73 Å². The highest BCUT2D eigenvalue weighted by Crippen LogP contribution is 2.43. The molecule has 3 rings (SSSR count). The van der Waals surface area contributed by atoms with Crippen molar-refractivity contribution in [2.24, 2.45) is 5.73 Å². The Hall–Kier alpha value is -3.29. The number of nitrogens with zero attached hydrogens (tertiary/aromatic N) is 1. The zero-order valence-electron chi connectivity index (χ0n) is 14.5. The fourth-order valence-corrected chi connectivity index (χ4v) is 3.21. The van der Waals surface area contributed by atoms with Crippen LogP contribution >= 0.6 is 0 Å². The molecular weight excluding hydrogens is 359 g/mol. The molecule has 0 saturated heterocycles. The smallest absolute Gasteiger partial charge is 0.418 e. The van der Waals surface area contributed by atoms with E-state index in [1.54, 1.807) is 19.9 Å². The van der Waals surface area contributed by atoms with E-state index in [-0.39, 0.29) is 22.4 Å². The summed E-state index contributed by atoms with van der Waals surface area (Å²) in [6.07, 6.45) is -4.68. The van der Waals surface area contributed by atoms with Crippen LogP contribution in [-0.2, 0) is 6.18 Å². The summed E-state index contributed by atoms with van der Waals surface area (Å²) in [6.45, 7) is 3.34. The molecule has 0 aliphatic carbocycles. The number of benzene rings is 2. The summed E-state index contributed by atoms with van der Waals surface area (Å²) in [5, 5.41) is 10.2. The molecule has 0 radical (unpaired) electrons. The molecule has 1 heterocycles. The topological polar surface area (TPSA) is 102 Å². The van der Waals surface area contributed by atoms with E-state index in [0.29, 0.717) is 16.7 Å².